The van der Waals surface area contributed by atoms with Crippen molar-refractivity contribution >= 4 is 0 Å². The van der Waals surface area contributed by atoms with Gasteiger partial charge in [-0.15, -0.1) is 0 Å². The molecule has 3 fully saturated rings. The Morgan fingerprint density at radius 2 is 1.83 bits per heavy atom. The molecule has 1 N–H and O–H groups in total. The maximum Gasteiger partial charge on any atom is 0.0462 e. The Hall–Kier alpha value is -0.560. The third-order valence-corrected chi connectivity index (χ3v) is 10.6. The highest BCUT2D eigenvalue weighted by Crippen LogP contribution is 2.67. The van der Waals surface area contributed by atoms with E-state index in [4.69, 9.17) is 0 Å². The van der Waals surface area contributed by atoms with Crippen LogP contribution < -0.4 is 0 Å². The normalized spacial score (nSPS) is 45.1. The fraction of sp³-hybridized carbons (Fsp3) is 0.857. The van der Waals surface area contributed by atoms with Gasteiger partial charge in [-0.1, -0.05) is 64.8 Å². The molecule has 0 aliphatic heterocycles. The molecule has 3 saturated carbocycles. The van der Waals surface area contributed by atoms with Gasteiger partial charge in [0.2, 0.25) is 0 Å². The number of hydrogen-bond acceptors (Lipinski definition) is 1. The average molecular weight is 399 g/mol. The molecule has 0 saturated heterocycles. The fourth-order valence-corrected chi connectivity index (χ4v) is 8.44. The zero-order chi connectivity index (χ0) is 20.8. The first-order valence-corrected chi connectivity index (χ1v) is 12.8. The molecule has 1 unspecified atom stereocenters. The topological polar surface area (TPSA) is 20.2 Å². The van der Waals surface area contributed by atoms with Crippen molar-refractivity contribution in [2.24, 2.45) is 52.3 Å². The van der Waals surface area contributed by atoms with Crippen LogP contribution in [-0.4, -0.2) is 11.7 Å². The van der Waals surface area contributed by atoms with Gasteiger partial charge < -0.3 is 5.11 Å². The van der Waals surface area contributed by atoms with Gasteiger partial charge in [0, 0.05) is 6.61 Å². The van der Waals surface area contributed by atoms with Crippen molar-refractivity contribution in [3.05, 3.63) is 23.8 Å². The van der Waals surface area contributed by atoms with Crippen LogP contribution >= 0.6 is 0 Å². The van der Waals surface area contributed by atoms with Gasteiger partial charge in [-0.3, -0.25) is 0 Å². The summed E-state index contributed by atoms with van der Waals surface area (Å²) >= 11 is 0. The van der Waals surface area contributed by atoms with Gasteiger partial charge in [0.25, 0.3) is 0 Å². The average Bonchev–Trinajstić information content (AvgIpc) is 3.08. The SMILES string of the molecule is CC(CO)[C@@H](C)/C=C/[C@@H](C)[C@H]1CC[C@H]2[C@@H]3CC=C4CCCC[C@]4(C)[C@H]3CC[C@]12C. The minimum atomic E-state index is 0.292. The van der Waals surface area contributed by atoms with E-state index in [2.05, 4.69) is 52.8 Å². The summed E-state index contributed by atoms with van der Waals surface area (Å²) in [5.41, 5.74) is 2.90. The first-order valence-electron chi connectivity index (χ1n) is 12.8. The molecule has 0 heterocycles. The molecule has 164 valence electrons. The molecular formula is C28H46O. The van der Waals surface area contributed by atoms with E-state index in [1.54, 1.807) is 0 Å². The second-order valence-electron chi connectivity index (χ2n) is 12.0. The van der Waals surface area contributed by atoms with Gasteiger partial charge in [0.05, 0.1) is 0 Å². The van der Waals surface area contributed by atoms with Crippen LogP contribution in [0, 0.1) is 52.3 Å². The molecule has 29 heavy (non-hydrogen) atoms. The second kappa shape index (κ2) is 8.18. The Bertz CT molecular complexity index is 647. The summed E-state index contributed by atoms with van der Waals surface area (Å²) in [6.45, 7) is 12.5. The highest BCUT2D eigenvalue weighted by molar-refractivity contribution is 5.24. The first kappa shape index (κ1) is 21.7. The molecule has 1 nitrogen and oxygen atoms in total. The third-order valence-electron chi connectivity index (χ3n) is 10.6. The first-order chi connectivity index (χ1) is 13.8. The van der Waals surface area contributed by atoms with Crippen LogP contribution in [0.2, 0.25) is 0 Å². The van der Waals surface area contributed by atoms with Crippen LogP contribution in [0.25, 0.3) is 0 Å². The molecule has 0 amide bonds. The van der Waals surface area contributed by atoms with Crippen LogP contribution in [0.15, 0.2) is 23.8 Å². The molecule has 0 aromatic rings. The zero-order valence-electron chi connectivity index (χ0n) is 19.8. The molecule has 0 radical (unpaired) electrons. The lowest BCUT2D eigenvalue weighted by atomic mass is 9.47. The monoisotopic (exact) mass is 398 g/mol. The van der Waals surface area contributed by atoms with E-state index in [9.17, 15) is 5.11 Å². The Morgan fingerprint density at radius 3 is 2.59 bits per heavy atom. The van der Waals surface area contributed by atoms with Gasteiger partial charge in [-0.2, -0.15) is 0 Å². The Morgan fingerprint density at radius 1 is 1.03 bits per heavy atom. The van der Waals surface area contributed by atoms with Gasteiger partial charge in [0.1, 0.15) is 0 Å². The van der Waals surface area contributed by atoms with Gasteiger partial charge in [-0.05, 0) is 104 Å². The molecule has 9 atom stereocenters. The number of rotatable bonds is 5. The van der Waals surface area contributed by atoms with Crippen LogP contribution in [0.1, 0.15) is 92.4 Å². The van der Waals surface area contributed by atoms with E-state index in [1.165, 1.54) is 57.8 Å². The quantitative estimate of drug-likeness (QED) is 0.478. The molecule has 4 aliphatic carbocycles. The van der Waals surface area contributed by atoms with Gasteiger partial charge in [-0.25, -0.2) is 0 Å². The molecule has 4 aliphatic rings. The lowest BCUT2D eigenvalue weighted by Crippen LogP contribution is -2.49. The number of hydrogen-bond donors (Lipinski definition) is 1. The van der Waals surface area contributed by atoms with E-state index in [-0.39, 0.29) is 0 Å². The molecule has 0 aromatic heterocycles. The molecule has 0 spiro atoms. The van der Waals surface area contributed by atoms with E-state index in [1.807, 2.05) is 5.57 Å². The van der Waals surface area contributed by atoms with Crippen molar-refractivity contribution in [1.82, 2.24) is 0 Å². The number of aliphatic hydroxyl groups excluding tert-OH is 1. The predicted octanol–water partition coefficient (Wildman–Crippen LogP) is 7.41. The Kier molecular flexibility index (Phi) is 6.11. The maximum atomic E-state index is 9.45. The molecular weight excluding hydrogens is 352 g/mol. The summed E-state index contributed by atoms with van der Waals surface area (Å²) in [4.78, 5) is 0. The summed E-state index contributed by atoms with van der Waals surface area (Å²) in [5, 5.41) is 9.45. The van der Waals surface area contributed by atoms with E-state index in [0.717, 1.165) is 23.7 Å². The summed E-state index contributed by atoms with van der Waals surface area (Å²) in [5.74, 6) is 5.16. The minimum absolute atomic E-state index is 0.292. The maximum absolute atomic E-state index is 9.45. The summed E-state index contributed by atoms with van der Waals surface area (Å²) in [7, 11) is 0. The van der Waals surface area contributed by atoms with Crippen LogP contribution in [0.4, 0.5) is 0 Å². The van der Waals surface area contributed by atoms with E-state index in [0.29, 0.717) is 35.2 Å². The van der Waals surface area contributed by atoms with Crippen molar-refractivity contribution in [3.8, 4) is 0 Å². The van der Waals surface area contributed by atoms with E-state index >= 15 is 0 Å². The Labute approximate surface area is 180 Å². The summed E-state index contributed by atoms with van der Waals surface area (Å²) in [6, 6.07) is 0. The van der Waals surface area contributed by atoms with Crippen LogP contribution in [0.3, 0.4) is 0 Å². The van der Waals surface area contributed by atoms with Crippen molar-refractivity contribution < 1.29 is 5.11 Å². The van der Waals surface area contributed by atoms with Crippen LogP contribution in [0.5, 0.6) is 0 Å². The van der Waals surface area contributed by atoms with Gasteiger partial charge in [0.15, 0.2) is 0 Å². The lowest BCUT2D eigenvalue weighted by molar-refractivity contribution is -0.0462. The highest BCUT2D eigenvalue weighted by atomic mass is 16.3. The highest BCUT2D eigenvalue weighted by Gasteiger charge is 2.58. The molecule has 1 heteroatoms. The second-order valence-corrected chi connectivity index (χ2v) is 12.0. The van der Waals surface area contributed by atoms with E-state index < -0.39 is 0 Å². The van der Waals surface area contributed by atoms with Crippen molar-refractivity contribution in [1.29, 1.82) is 0 Å². The van der Waals surface area contributed by atoms with Crippen LogP contribution in [-0.2, 0) is 0 Å². The summed E-state index contributed by atoms with van der Waals surface area (Å²) < 4.78 is 0. The molecule has 4 rings (SSSR count). The number of aliphatic hydroxyl groups is 1. The zero-order valence-corrected chi connectivity index (χ0v) is 19.8. The van der Waals surface area contributed by atoms with Crippen molar-refractivity contribution in [2.45, 2.75) is 92.4 Å². The van der Waals surface area contributed by atoms with Crippen molar-refractivity contribution in [3.63, 3.8) is 0 Å². The number of fused-ring (bicyclic) bond motifs is 5. The lowest BCUT2D eigenvalue weighted by Gasteiger charge is -2.58. The largest absolute Gasteiger partial charge is 0.396 e. The fourth-order valence-electron chi connectivity index (χ4n) is 8.44. The third kappa shape index (κ3) is 3.58. The van der Waals surface area contributed by atoms with Crippen molar-refractivity contribution in [2.75, 3.05) is 6.61 Å². The number of allylic oxidation sites excluding steroid dienone is 4. The summed E-state index contributed by atoms with van der Waals surface area (Å²) in [6.07, 6.45) is 20.5. The molecule has 0 bridgehead atoms. The smallest absolute Gasteiger partial charge is 0.0462 e. The molecule has 0 aromatic carbocycles. The predicted molar refractivity (Wildman–Crippen MR) is 124 cm³/mol. The minimum Gasteiger partial charge on any atom is -0.396 e. The van der Waals surface area contributed by atoms with Gasteiger partial charge >= 0.3 is 0 Å². The Balaban J connectivity index is 1.51. The standard InChI is InChI=1S/C28H46O/c1-19(21(3)18-29)9-10-20(2)24-13-14-25-23-12-11-22-8-6-7-16-27(22,4)26(23)15-17-28(24,25)5/h9-11,19-21,23-26,29H,6-8,12-18H2,1-5H3/b10-9+/t19-,20+,21?,23-,24+,25-,26-,27-,28+/m0/s1.